The molecule has 128 valence electrons. The highest BCUT2D eigenvalue weighted by molar-refractivity contribution is 6.01. The molecule has 0 aromatic heterocycles. The van der Waals surface area contributed by atoms with Crippen LogP contribution in [0.2, 0.25) is 0 Å². The second kappa shape index (κ2) is 7.25. The van der Waals surface area contributed by atoms with E-state index in [4.69, 9.17) is 0 Å². The van der Waals surface area contributed by atoms with E-state index in [9.17, 15) is 14.0 Å². The average molecular weight is 339 g/mol. The molecule has 1 fully saturated rings. The third-order valence-corrected chi connectivity index (χ3v) is 4.10. The summed E-state index contributed by atoms with van der Waals surface area (Å²) in [6.07, 6.45) is 1.48. The molecule has 1 aliphatic rings. The molecule has 2 amide bonds. The van der Waals surface area contributed by atoms with Crippen LogP contribution in [0.1, 0.15) is 35.7 Å². The Morgan fingerprint density at radius 3 is 2.32 bits per heavy atom. The van der Waals surface area contributed by atoms with Gasteiger partial charge in [-0.25, -0.2) is 9.82 Å². The fraction of sp³-hybridized carbons (Fsp3) is 0.211. The second-order valence-electron chi connectivity index (χ2n) is 5.84. The van der Waals surface area contributed by atoms with Crippen LogP contribution in [0.4, 0.5) is 10.1 Å². The van der Waals surface area contributed by atoms with Crippen molar-refractivity contribution in [1.29, 1.82) is 0 Å². The number of nitrogens with zero attached hydrogens (tertiary/aromatic N) is 2. The summed E-state index contributed by atoms with van der Waals surface area (Å²) in [5, 5.41) is 4.08. The maximum Gasteiger partial charge on any atom is 0.271 e. The Bertz CT molecular complexity index is 814. The van der Waals surface area contributed by atoms with Crippen LogP contribution < -0.4 is 10.3 Å². The van der Waals surface area contributed by atoms with E-state index in [-0.39, 0.29) is 5.91 Å². The molecule has 6 heteroatoms. The van der Waals surface area contributed by atoms with Gasteiger partial charge < -0.3 is 4.90 Å². The molecule has 1 saturated heterocycles. The van der Waals surface area contributed by atoms with Crippen LogP contribution in [0.5, 0.6) is 0 Å². The van der Waals surface area contributed by atoms with Gasteiger partial charge in [0.05, 0.1) is 5.71 Å². The molecule has 0 aliphatic carbocycles. The fourth-order valence-electron chi connectivity index (χ4n) is 2.67. The highest BCUT2D eigenvalue weighted by Crippen LogP contribution is 2.21. The van der Waals surface area contributed by atoms with Crippen molar-refractivity contribution in [2.75, 3.05) is 11.4 Å². The number of hydrazone groups is 1. The molecule has 0 bridgehead atoms. The lowest BCUT2D eigenvalue weighted by atomic mass is 10.1. The van der Waals surface area contributed by atoms with Crippen molar-refractivity contribution in [3.63, 3.8) is 0 Å². The number of rotatable bonds is 4. The Kier molecular flexibility index (Phi) is 4.88. The predicted octanol–water partition coefficient (Wildman–Crippen LogP) is 3.11. The molecule has 1 heterocycles. The minimum absolute atomic E-state index is 0.143. The van der Waals surface area contributed by atoms with E-state index in [2.05, 4.69) is 10.5 Å². The average Bonchev–Trinajstić information content (AvgIpc) is 3.06. The lowest BCUT2D eigenvalue weighted by molar-refractivity contribution is -0.117. The second-order valence-corrected chi connectivity index (χ2v) is 5.84. The Morgan fingerprint density at radius 2 is 1.72 bits per heavy atom. The van der Waals surface area contributed by atoms with Gasteiger partial charge in [-0.3, -0.25) is 9.59 Å². The number of halogens is 1. The van der Waals surface area contributed by atoms with Crippen LogP contribution in [-0.4, -0.2) is 24.1 Å². The molecular weight excluding hydrogens is 321 g/mol. The van der Waals surface area contributed by atoms with Gasteiger partial charge in [0.25, 0.3) is 5.91 Å². The topological polar surface area (TPSA) is 61.8 Å². The largest absolute Gasteiger partial charge is 0.312 e. The zero-order valence-electron chi connectivity index (χ0n) is 13.8. The minimum atomic E-state index is -0.404. The Balaban J connectivity index is 1.66. The molecule has 0 unspecified atom stereocenters. The predicted molar refractivity (Wildman–Crippen MR) is 94.1 cm³/mol. The summed E-state index contributed by atoms with van der Waals surface area (Å²) in [6, 6.07) is 12.7. The summed E-state index contributed by atoms with van der Waals surface area (Å²) in [7, 11) is 0. The van der Waals surface area contributed by atoms with Gasteiger partial charge in [-0.2, -0.15) is 5.10 Å². The maximum atomic E-state index is 12.9. The molecule has 25 heavy (non-hydrogen) atoms. The van der Waals surface area contributed by atoms with E-state index in [1.54, 1.807) is 11.8 Å². The van der Waals surface area contributed by atoms with Crippen molar-refractivity contribution in [2.24, 2.45) is 5.10 Å². The van der Waals surface area contributed by atoms with E-state index in [0.717, 1.165) is 24.2 Å². The summed E-state index contributed by atoms with van der Waals surface area (Å²) in [6.45, 7) is 2.53. The molecule has 1 N–H and O–H groups in total. The van der Waals surface area contributed by atoms with Crippen molar-refractivity contribution < 1.29 is 14.0 Å². The fourth-order valence-corrected chi connectivity index (χ4v) is 2.67. The molecule has 5 nitrogen and oxygen atoms in total. The van der Waals surface area contributed by atoms with Gasteiger partial charge in [-0.15, -0.1) is 0 Å². The van der Waals surface area contributed by atoms with E-state index in [0.29, 0.717) is 17.7 Å². The first-order chi connectivity index (χ1) is 12.0. The van der Waals surface area contributed by atoms with Gasteiger partial charge in [-0.1, -0.05) is 12.1 Å². The lowest BCUT2D eigenvalue weighted by Crippen LogP contribution is -2.23. The normalized spacial score (nSPS) is 14.7. The molecular formula is C19H18FN3O2. The van der Waals surface area contributed by atoms with E-state index in [1.165, 1.54) is 24.3 Å². The van der Waals surface area contributed by atoms with Crippen LogP contribution in [-0.2, 0) is 4.79 Å². The number of anilines is 1. The monoisotopic (exact) mass is 339 g/mol. The van der Waals surface area contributed by atoms with Crippen LogP contribution in [0.15, 0.2) is 53.6 Å². The van der Waals surface area contributed by atoms with Gasteiger partial charge in [0, 0.05) is 24.2 Å². The number of amides is 2. The number of hydrogen-bond acceptors (Lipinski definition) is 3. The van der Waals surface area contributed by atoms with Gasteiger partial charge in [0.2, 0.25) is 5.91 Å². The number of benzene rings is 2. The third-order valence-electron chi connectivity index (χ3n) is 4.10. The third kappa shape index (κ3) is 3.91. The lowest BCUT2D eigenvalue weighted by Gasteiger charge is -2.15. The Labute approximate surface area is 145 Å². The van der Waals surface area contributed by atoms with Gasteiger partial charge in [0.1, 0.15) is 5.82 Å². The first-order valence-corrected chi connectivity index (χ1v) is 8.05. The van der Waals surface area contributed by atoms with E-state index in [1.807, 2.05) is 24.3 Å². The number of nitrogens with one attached hydrogen (secondary N) is 1. The molecule has 2 aromatic carbocycles. The first-order valence-electron chi connectivity index (χ1n) is 8.05. The van der Waals surface area contributed by atoms with Crippen LogP contribution in [0.3, 0.4) is 0 Å². The Morgan fingerprint density at radius 1 is 1.08 bits per heavy atom. The minimum Gasteiger partial charge on any atom is -0.312 e. The van der Waals surface area contributed by atoms with Crippen molar-refractivity contribution in [3.05, 3.63) is 65.5 Å². The SMILES string of the molecule is C/C(=N/NC(=O)c1ccc(F)cc1)c1ccc(N2CCCC2=O)cc1. The van der Waals surface area contributed by atoms with E-state index < -0.39 is 11.7 Å². The van der Waals surface area contributed by atoms with Crippen LogP contribution >= 0.6 is 0 Å². The van der Waals surface area contributed by atoms with Crippen LogP contribution in [0, 0.1) is 5.82 Å². The van der Waals surface area contributed by atoms with Crippen molar-refractivity contribution in [3.8, 4) is 0 Å². The summed E-state index contributed by atoms with van der Waals surface area (Å²) in [5.74, 6) is -0.656. The Hall–Kier alpha value is -3.02. The zero-order valence-corrected chi connectivity index (χ0v) is 13.8. The quantitative estimate of drug-likeness (QED) is 0.687. The van der Waals surface area contributed by atoms with E-state index >= 15 is 0 Å². The van der Waals surface area contributed by atoms with Gasteiger partial charge >= 0.3 is 0 Å². The number of hydrogen-bond donors (Lipinski definition) is 1. The number of carbonyl (C=O) groups is 2. The summed E-state index contributed by atoms with van der Waals surface area (Å²) in [4.78, 5) is 25.5. The molecule has 0 spiro atoms. The first kappa shape index (κ1) is 16.8. The van der Waals surface area contributed by atoms with Gasteiger partial charge in [0.15, 0.2) is 0 Å². The van der Waals surface area contributed by atoms with Crippen molar-refractivity contribution in [1.82, 2.24) is 5.43 Å². The smallest absolute Gasteiger partial charge is 0.271 e. The molecule has 0 saturated carbocycles. The summed E-state index contributed by atoms with van der Waals surface area (Å²) < 4.78 is 12.9. The van der Waals surface area contributed by atoms with Crippen LogP contribution in [0.25, 0.3) is 0 Å². The summed E-state index contributed by atoms with van der Waals surface area (Å²) >= 11 is 0. The standard InChI is InChI=1S/C19H18FN3O2/c1-13(21-22-19(25)15-4-8-16(20)9-5-15)14-6-10-17(11-7-14)23-12-2-3-18(23)24/h4-11H,2-3,12H2,1H3,(H,22,25)/b21-13-. The molecule has 3 rings (SSSR count). The maximum absolute atomic E-state index is 12.9. The van der Waals surface area contributed by atoms with Crippen molar-refractivity contribution in [2.45, 2.75) is 19.8 Å². The molecule has 0 atom stereocenters. The number of carbonyl (C=O) groups excluding carboxylic acids is 2. The molecule has 2 aromatic rings. The highest BCUT2D eigenvalue weighted by Gasteiger charge is 2.21. The highest BCUT2D eigenvalue weighted by atomic mass is 19.1. The van der Waals surface area contributed by atoms with Crippen molar-refractivity contribution >= 4 is 23.2 Å². The van der Waals surface area contributed by atoms with Gasteiger partial charge in [-0.05, 0) is 55.3 Å². The zero-order chi connectivity index (χ0) is 17.8. The summed E-state index contributed by atoms with van der Waals surface area (Å²) in [5.41, 5.74) is 5.14. The molecule has 0 radical (unpaired) electrons. The molecule has 1 aliphatic heterocycles.